The molecule has 0 aromatic heterocycles. The second-order valence-corrected chi connectivity index (χ2v) is 4.68. The molecule has 0 aliphatic rings. The SMILES string of the molecule is CCNCc1ccc(COCc2ccccc2F)cc1. The molecule has 0 aliphatic carbocycles. The van der Waals surface area contributed by atoms with E-state index in [0.717, 1.165) is 18.7 Å². The van der Waals surface area contributed by atoms with Crippen LogP contribution in [0.1, 0.15) is 23.6 Å². The molecular formula is C17H20FNO. The maximum atomic E-state index is 13.4. The maximum Gasteiger partial charge on any atom is 0.128 e. The first kappa shape index (κ1) is 14.7. The fraction of sp³-hybridized carbons (Fsp3) is 0.294. The number of hydrogen-bond donors (Lipinski definition) is 1. The van der Waals surface area contributed by atoms with E-state index >= 15 is 0 Å². The summed E-state index contributed by atoms with van der Waals surface area (Å²) < 4.78 is 19.0. The van der Waals surface area contributed by atoms with Crippen molar-refractivity contribution >= 4 is 0 Å². The normalized spacial score (nSPS) is 10.7. The molecule has 0 bridgehead atoms. The molecule has 1 N–H and O–H groups in total. The van der Waals surface area contributed by atoms with Gasteiger partial charge < -0.3 is 10.1 Å². The summed E-state index contributed by atoms with van der Waals surface area (Å²) in [4.78, 5) is 0. The highest BCUT2D eigenvalue weighted by atomic mass is 19.1. The summed E-state index contributed by atoms with van der Waals surface area (Å²) >= 11 is 0. The minimum Gasteiger partial charge on any atom is -0.372 e. The summed E-state index contributed by atoms with van der Waals surface area (Å²) in [7, 11) is 0. The Morgan fingerprint density at radius 2 is 1.65 bits per heavy atom. The zero-order valence-electron chi connectivity index (χ0n) is 11.7. The molecule has 0 saturated carbocycles. The van der Waals surface area contributed by atoms with E-state index in [-0.39, 0.29) is 5.82 Å². The molecule has 2 aromatic rings. The van der Waals surface area contributed by atoms with Gasteiger partial charge in [0.15, 0.2) is 0 Å². The number of nitrogens with one attached hydrogen (secondary N) is 1. The highest BCUT2D eigenvalue weighted by Gasteiger charge is 2.01. The Labute approximate surface area is 119 Å². The van der Waals surface area contributed by atoms with Crippen molar-refractivity contribution in [1.82, 2.24) is 5.32 Å². The molecule has 0 unspecified atom stereocenters. The molecule has 0 radical (unpaired) electrons. The van der Waals surface area contributed by atoms with Crippen LogP contribution in [0.2, 0.25) is 0 Å². The lowest BCUT2D eigenvalue weighted by Gasteiger charge is -2.07. The third-order valence-corrected chi connectivity index (χ3v) is 3.09. The van der Waals surface area contributed by atoms with Gasteiger partial charge in [0, 0.05) is 12.1 Å². The van der Waals surface area contributed by atoms with Crippen LogP contribution < -0.4 is 5.32 Å². The summed E-state index contributed by atoms with van der Waals surface area (Å²) in [6.07, 6.45) is 0. The smallest absolute Gasteiger partial charge is 0.128 e. The predicted molar refractivity (Wildman–Crippen MR) is 78.7 cm³/mol. The predicted octanol–water partition coefficient (Wildman–Crippen LogP) is 3.65. The molecule has 106 valence electrons. The van der Waals surface area contributed by atoms with Gasteiger partial charge in [-0.25, -0.2) is 4.39 Å². The van der Waals surface area contributed by atoms with Gasteiger partial charge in [0.1, 0.15) is 5.82 Å². The zero-order chi connectivity index (χ0) is 14.2. The quantitative estimate of drug-likeness (QED) is 0.831. The van der Waals surface area contributed by atoms with Gasteiger partial charge in [0.2, 0.25) is 0 Å². The Hall–Kier alpha value is -1.71. The van der Waals surface area contributed by atoms with Crippen LogP contribution in [0.15, 0.2) is 48.5 Å². The molecule has 3 heteroatoms. The molecule has 0 spiro atoms. The van der Waals surface area contributed by atoms with Gasteiger partial charge in [-0.05, 0) is 23.7 Å². The number of benzene rings is 2. The monoisotopic (exact) mass is 273 g/mol. The highest BCUT2D eigenvalue weighted by Crippen LogP contribution is 2.10. The summed E-state index contributed by atoms with van der Waals surface area (Å²) in [6, 6.07) is 15.0. The van der Waals surface area contributed by atoms with Crippen LogP contribution in [-0.2, 0) is 24.5 Å². The van der Waals surface area contributed by atoms with Gasteiger partial charge in [-0.2, -0.15) is 0 Å². The van der Waals surface area contributed by atoms with E-state index in [9.17, 15) is 4.39 Å². The van der Waals surface area contributed by atoms with Crippen molar-refractivity contribution in [3.05, 3.63) is 71.0 Å². The maximum absolute atomic E-state index is 13.4. The largest absolute Gasteiger partial charge is 0.372 e. The van der Waals surface area contributed by atoms with Crippen LogP contribution in [0.25, 0.3) is 0 Å². The molecule has 0 amide bonds. The van der Waals surface area contributed by atoms with Gasteiger partial charge in [0.25, 0.3) is 0 Å². The Bertz CT molecular complexity index is 525. The number of hydrogen-bond acceptors (Lipinski definition) is 2. The highest BCUT2D eigenvalue weighted by molar-refractivity contribution is 5.22. The minimum atomic E-state index is -0.214. The van der Waals surface area contributed by atoms with Crippen LogP contribution in [0.3, 0.4) is 0 Å². The van der Waals surface area contributed by atoms with Crippen molar-refractivity contribution in [2.45, 2.75) is 26.7 Å². The van der Waals surface area contributed by atoms with Gasteiger partial charge in [-0.1, -0.05) is 49.4 Å². The van der Waals surface area contributed by atoms with Crippen molar-refractivity contribution in [3.8, 4) is 0 Å². The van der Waals surface area contributed by atoms with Gasteiger partial charge in [0.05, 0.1) is 13.2 Å². The molecule has 0 heterocycles. The molecule has 2 rings (SSSR count). The molecule has 2 nitrogen and oxygen atoms in total. The first-order chi connectivity index (χ1) is 9.79. The summed E-state index contributed by atoms with van der Waals surface area (Å²) in [5.74, 6) is -0.214. The lowest BCUT2D eigenvalue weighted by Crippen LogP contribution is -2.11. The van der Waals surface area contributed by atoms with E-state index in [0.29, 0.717) is 18.8 Å². The molecule has 0 atom stereocenters. The summed E-state index contributed by atoms with van der Waals surface area (Å²) in [5.41, 5.74) is 2.95. The van der Waals surface area contributed by atoms with Crippen molar-refractivity contribution < 1.29 is 9.13 Å². The van der Waals surface area contributed by atoms with Gasteiger partial charge in [-0.15, -0.1) is 0 Å². The molecular weight excluding hydrogens is 253 g/mol. The van der Waals surface area contributed by atoms with E-state index in [2.05, 4.69) is 24.4 Å². The third kappa shape index (κ3) is 4.44. The fourth-order valence-electron chi connectivity index (χ4n) is 1.92. The fourth-order valence-corrected chi connectivity index (χ4v) is 1.92. The van der Waals surface area contributed by atoms with Crippen LogP contribution >= 0.6 is 0 Å². The van der Waals surface area contributed by atoms with Crippen LogP contribution in [0.4, 0.5) is 4.39 Å². The van der Waals surface area contributed by atoms with Crippen molar-refractivity contribution in [1.29, 1.82) is 0 Å². The van der Waals surface area contributed by atoms with Crippen molar-refractivity contribution in [2.24, 2.45) is 0 Å². The zero-order valence-corrected chi connectivity index (χ0v) is 11.7. The molecule has 2 aromatic carbocycles. The van der Waals surface area contributed by atoms with Crippen molar-refractivity contribution in [2.75, 3.05) is 6.54 Å². The number of rotatable bonds is 7. The second-order valence-electron chi connectivity index (χ2n) is 4.68. The number of halogens is 1. The molecule has 0 fully saturated rings. The average molecular weight is 273 g/mol. The first-order valence-corrected chi connectivity index (χ1v) is 6.89. The van der Waals surface area contributed by atoms with E-state index in [1.807, 2.05) is 18.2 Å². The van der Waals surface area contributed by atoms with Crippen LogP contribution in [0.5, 0.6) is 0 Å². The minimum absolute atomic E-state index is 0.214. The Morgan fingerprint density at radius 3 is 2.35 bits per heavy atom. The number of ether oxygens (including phenoxy) is 1. The Kier molecular flexibility index (Phi) is 5.71. The second kappa shape index (κ2) is 7.78. The van der Waals surface area contributed by atoms with Crippen LogP contribution in [-0.4, -0.2) is 6.54 Å². The third-order valence-electron chi connectivity index (χ3n) is 3.09. The standard InChI is InChI=1S/C17H20FNO/c1-2-19-11-14-7-9-15(10-8-14)12-20-13-16-5-3-4-6-17(16)18/h3-10,19H,2,11-13H2,1H3. The first-order valence-electron chi connectivity index (χ1n) is 6.89. The Morgan fingerprint density at radius 1 is 0.950 bits per heavy atom. The summed E-state index contributed by atoms with van der Waals surface area (Å²) in [6.45, 7) is 4.73. The van der Waals surface area contributed by atoms with E-state index in [1.54, 1.807) is 12.1 Å². The lowest BCUT2D eigenvalue weighted by molar-refractivity contribution is 0.105. The topological polar surface area (TPSA) is 21.3 Å². The van der Waals surface area contributed by atoms with Gasteiger partial charge in [-0.3, -0.25) is 0 Å². The molecule has 20 heavy (non-hydrogen) atoms. The Balaban J connectivity index is 1.81. The van der Waals surface area contributed by atoms with Gasteiger partial charge >= 0.3 is 0 Å². The van der Waals surface area contributed by atoms with Crippen molar-refractivity contribution in [3.63, 3.8) is 0 Å². The van der Waals surface area contributed by atoms with E-state index in [1.165, 1.54) is 11.6 Å². The van der Waals surface area contributed by atoms with E-state index in [4.69, 9.17) is 4.74 Å². The lowest BCUT2D eigenvalue weighted by atomic mass is 10.1. The summed E-state index contributed by atoms with van der Waals surface area (Å²) in [5, 5.41) is 3.28. The molecule has 0 aliphatic heterocycles. The average Bonchev–Trinajstić information content (AvgIpc) is 2.48. The van der Waals surface area contributed by atoms with E-state index < -0.39 is 0 Å². The molecule has 0 saturated heterocycles. The van der Waals surface area contributed by atoms with Crippen LogP contribution in [0, 0.1) is 5.82 Å².